The molecule has 2 aromatic rings. The van der Waals surface area contributed by atoms with E-state index >= 15 is 0 Å². The molecule has 160 valence electrons. The van der Waals surface area contributed by atoms with Gasteiger partial charge in [0.05, 0.1) is 0 Å². The smallest absolute Gasteiger partial charge is 0.321 e. The number of hydrogen-bond donors (Lipinski definition) is 2. The summed E-state index contributed by atoms with van der Waals surface area (Å²) in [6.07, 6.45) is 3.00. The Morgan fingerprint density at radius 3 is 2.17 bits per heavy atom. The Bertz CT molecular complexity index is 852. The molecule has 0 spiro atoms. The van der Waals surface area contributed by atoms with E-state index < -0.39 is 0 Å². The Labute approximate surface area is 177 Å². The molecule has 5 nitrogen and oxygen atoms in total. The van der Waals surface area contributed by atoms with Crippen LogP contribution >= 0.6 is 0 Å². The molecule has 0 unspecified atom stereocenters. The Morgan fingerprint density at radius 2 is 1.60 bits per heavy atom. The highest BCUT2D eigenvalue weighted by atomic mass is 19.1. The van der Waals surface area contributed by atoms with Gasteiger partial charge in [0, 0.05) is 31.2 Å². The van der Waals surface area contributed by atoms with Crippen molar-refractivity contribution in [2.24, 2.45) is 5.92 Å². The third-order valence-corrected chi connectivity index (χ3v) is 5.76. The van der Waals surface area contributed by atoms with Crippen LogP contribution in [0.1, 0.15) is 43.4 Å². The fourth-order valence-corrected chi connectivity index (χ4v) is 3.87. The fraction of sp³-hybridized carbons (Fsp3) is 0.417. The summed E-state index contributed by atoms with van der Waals surface area (Å²) >= 11 is 0. The first-order valence-corrected chi connectivity index (χ1v) is 10.7. The zero-order valence-electron chi connectivity index (χ0n) is 17.7. The maximum atomic E-state index is 13.0. The van der Waals surface area contributed by atoms with E-state index in [0.29, 0.717) is 32.5 Å². The summed E-state index contributed by atoms with van der Waals surface area (Å²) in [5.74, 6) is -0.407. The number of piperidine rings is 1. The van der Waals surface area contributed by atoms with Gasteiger partial charge in [0.1, 0.15) is 5.82 Å². The molecule has 0 atom stereocenters. The number of para-hydroxylation sites is 1. The van der Waals surface area contributed by atoms with E-state index in [1.807, 2.05) is 18.2 Å². The largest absolute Gasteiger partial charge is 0.352 e. The number of benzene rings is 2. The van der Waals surface area contributed by atoms with Gasteiger partial charge in [-0.3, -0.25) is 4.79 Å². The molecule has 0 radical (unpaired) electrons. The highest BCUT2D eigenvalue weighted by Crippen LogP contribution is 2.24. The van der Waals surface area contributed by atoms with Crippen molar-refractivity contribution >= 4 is 17.6 Å². The van der Waals surface area contributed by atoms with Crippen LogP contribution in [0.15, 0.2) is 42.5 Å². The van der Waals surface area contributed by atoms with Crippen LogP contribution < -0.4 is 10.6 Å². The number of carbonyl (C=O) groups excluding carboxylic acids is 2. The molecule has 6 heteroatoms. The molecule has 3 rings (SSSR count). The Morgan fingerprint density at radius 1 is 1.00 bits per heavy atom. The van der Waals surface area contributed by atoms with Crippen molar-refractivity contribution in [1.82, 2.24) is 10.2 Å². The van der Waals surface area contributed by atoms with Gasteiger partial charge in [0.25, 0.3) is 0 Å². The lowest BCUT2D eigenvalue weighted by molar-refractivity contribution is -0.126. The molecule has 3 amide bonds. The molecule has 0 saturated carbocycles. The van der Waals surface area contributed by atoms with Crippen LogP contribution in [-0.2, 0) is 24.2 Å². The number of amides is 3. The third kappa shape index (κ3) is 5.38. The second-order valence-corrected chi connectivity index (χ2v) is 7.69. The van der Waals surface area contributed by atoms with Crippen molar-refractivity contribution in [3.8, 4) is 0 Å². The lowest BCUT2D eigenvalue weighted by Crippen LogP contribution is -2.44. The normalized spacial score (nSPS) is 14.4. The van der Waals surface area contributed by atoms with Crippen molar-refractivity contribution in [2.75, 3.05) is 18.4 Å². The molecular weight excluding hydrogens is 381 g/mol. The summed E-state index contributed by atoms with van der Waals surface area (Å²) in [4.78, 5) is 27.1. The number of carbonyl (C=O) groups is 2. The number of likely N-dealkylation sites (tertiary alicyclic amines) is 1. The maximum Gasteiger partial charge on any atom is 0.321 e. The Kier molecular flexibility index (Phi) is 7.44. The van der Waals surface area contributed by atoms with Gasteiger partial charge in [-0.15, -0.1) is 0 Å². The van der Waals surface area contributed by atoms with E-state index in [2.05, 4.69) is 24.5 Å². The minimum Gasteiger partial charge on any atom is -0.352 e. The number of hydrogen-bond acceptors (Lipinski definition) is 2. The summed E-state index contributed by atoms with van der Waals surface area (Å²) in [6, 6.07) is 12.1. The summed E-state index contributed by atoms with van der Waals surface area (Å²) in [5.41, 5.74) is 4.06. The average molecular weight is 412 g/mol. The lowest BCUT2D eigenvalue weighted by atomic mass is 9.96. The average Bonchev–Trinajstić information content (AvgIpc) is 2.78. The Balaban J connectivity index is 1.51. The number of nitrogens with one attached hydrogen (secondary N) is 2. The van der Waals surface area contributed by atoms with Gasteiger partial charge < -0.3 is 15.5 Å². The van der Waals surface area contributed by atoms with Gasteiger partial charge >= 0.3 is 6.03 Å². The number of halogens is 1. The monoisotopic (exact) mass is 411 g/mol. The van der Waals surface area contributed by atoms with Crippen LogP contribution in [0.2, 0.25) is 0 Å². The second-order valence-electron chi connectivity index (χ2n) is 7.69. The molecule has 0 aliphatic carbocycles. The van der Waals surface area contributed by atoms with E-state index in [1.54, 1.807) is 17.0 Å². The maximum absolute atomic E-state index is 13.0. The van der Waals surface area contributed by atoms with Crippen LogP contribution in [0.5, 0.6) is 0 Å². The third-order valence-electron chi connectivity index (χ3n) is 5.76. The molecule has 1 saturated heterocycles. The number of rotatable bonds is 6. The van der Waals surface area contributed by atoms with Gasteiger partial charge in [-0.2, -0.15) is 0 Å². The molecule has 2 N–H and O–H groups in total. The SMILES string of the molecule is CCc1cccc(CC)c1NC(=O)N1CCC(C(=O)NCc2ccc(F)cc2)CC1. The van der Waals surface area contributed by atoms with Gasteiger partial charge in [0.15, 0.2) is 0 Å². The molecule has 1 heterocycles. The standard InChI is InChI=1S/C24H30FN3O2/c1-3-18-6-5-7-19(4-2)22(18)27-24(30)28-14-12-20(13-15-28)23(29)26-16-17-8-10-21(25)11-9-17/h5-11,20H,3-4,12-16H2,1-2H3,(H,26,29)(H,27,30). The van der Waals surface area contributed by atoms with Crippen LogP contribution in [-0.4, -0.2) is 29.9 Å². The van der Waals surface area contributed by atoms with E-state index in [-0.39, 0.29) is 23.7 Å². The molecule has 2 aromatic carbocycles. The first-order chi connectivity index (χ1) is 14.5. The van der Waals surface area contributed by atoms with Crippen molar-refractivity contribution in [2.45, 2.75) is 46.1 Å². The van der Waals surface area contributed by atoms with Crippen molar-refractivity contribution < 1.29 is 14.0 Å². The van der Waals surface area contributed by atoms with Crippen LogP contribution in [0.3, 0.4) is 0 Å². The minimum atomic E-state index is -0.289. The van der Waals surface area contributed by atoms with Gasteiger partial charge in [-0.05, 0) is 54.5 Å². The molecule has 1 aliphatic heterocycles. The molecule has 1 fully saturated rings. The van der Waals surface area contributed by atoms with Gasteiger partial charge in [-0.25, -0.2) is 9.18 Å². The highest BCUT2D eigenvalue weighted by molar-refractivity contribution is 5.91. The first-order valence-electron chi connectivity index (χ1n) is 10.7. The number of anilines is 1. The minimum absolute atomic E-state index is 0.0102. The molecular formula is C24H30FN3O2. The van der Waals surface area contributed by atoms with E-state index in [1.165, 1.54) is 12.1 Å². The summed E-state index contributed by atoms with van der Waals surface area (Å²) in [6.45, 7) is 5.65. The predicted molar refractivity (Wildman–Crippen MR) is 117 cm³/mol. The highest BCUT2D eigenvalue weighted by Gasteiger charge is 2.27. The summed E-state index contributed by atoms with van der Waals surface area (Å²) in [7, 11) is 0. The number of nitrogens with zero attached hydrogens (tertiary/aromatic N) is 1. The zero-order valence-corrected chi connectivity index (χ0v) is 17.7. The fourth-order valence-electron chi connectivity index (χ4n) is 3.87. The van der Waals surface area contributed by atoms with E-state index in [4.69, 9.17) is 0 Å². The van der Waals surface area contributed by atoms with Crippen LogP contribution in [0, 0.1) is 11.7 Å². The zero-order chi connectivity index (χ0) is 21.5. The van der Waals surface area contributed by atoms with Crippen molar-refractivity contribution in [3.05, 3.63) is 65.0 Å². The van der Waals surface area contributed by atoms with Gasteiger partial charge in [-0.1, -0.05) is 44.2 Å². The topological polar surface area (TPSA) is 61.4 Å². The van der Waals surface area contributed by atoms with E-state index in [9.17, 15) is 14.0 Å². The molecule has 30 heavy (non-hydrogen) atoms. The molecule has 0 aromatic heterocycles. The van der Waals surface area contributed by atoms with E-state index in [0.717, 1.165) is 35.2 Å². The first kappa shape index (κ1) is 21.8. The summed E-state index contributed by atoms with van der Waals surface area (Å²) < 4.78 is 13.0. The molecule has 1 aliphatic rings. The second kappa shape index (κ2) is 10.2. The summed E-state index contributed by atoms with van der Waals surface area (Å²) in [5, 5.41) is 6.02. The predicted octanol–water partition coefficient (Wildman–Crippen LogP) is 4.51. The van der Waals surface area contributed by atoms with Crippen molar-refractivity contribution in [1.29, 1.82) is 0 Å². The van der Waals surface area contributed by atoms with Crippen molar-refractivity contribution in [3.63, 3.8) is 0 Å². The van der Waals surface area contributed by atoms with Crippen LogP contribution in [0.25, 0.3) is 0 Å². The lowest BCUT2D eigenvalue weighted by Gasteiger charge is -2.32. The molecule has 0 bridgehead atoms. The number of aryl methyl sites for hydroxylation is 2. The number of urea groups is 1. The Hall–Kier alpha value is -2.89. The van der Waals surface area contributed by atoms with Gasteiger partial charge in [0.2, 0.25) is 5.91 Å². The van der Waals surface area contributed by atoms with Crippen LogP contribution in [0.4, 0.5) is 14.9 Å². The quantitative estimate of drug-likeness (QED) is 0.735.